The fraction of sp³-hybridized carbons (Fsp3) is 0.174. The first-order chi connectivity index (χ1) is 14.8. The Kier molecular flexibility index (Phi) is 4.32. The Morgan fingerprint density at radius 1 is 0.839 bits per heavy atom. The maximum absolute atomic E-state index is 13.5. The summed E-state index contributed by atoms with van der Waals surface area (Å²) in [5.74, 6) is -1.44. The standard InChI is InChI=1S/C23H18N2O5S/c24-31(29,30)13-10-8-12(9-11-13)18-19-16(6-3-7-17(19)26)25-21-20(18)22(27)14-4-1-2-5-15(14)23(21)28/h1-2,4-5,8-11,18,25H,3,6-7H2,(H2,24,29,30). The van der Waals surface area contributed by atoms with Crippen molar-refractivity contribution in [1.82, 2.24) is 5.32 Å². The van der Waals surface area contributed by atoms with Crippen LogP contribution in [-0.2, 0) is 14.8 Å². The van der Waals surface area contributed by atoms with Crippen LogP contribution in [0.1, 0.15) is 51.5 Å². The minimum absolute atomic E-state index is 0.0695. The number of fused-ring (bicyclic) bond motifs is 1. The van der Waals surface area contributed by atoms with E-state index in [9.17, 15) is 22.8 Å². The van der Waals surface area contributed by atoms with Gasteiger partial charge in [0.15, 0.2) is 11.6 Å². The molecule has 0 saturated heterocycles. The van der Waals surface area contributed by atoms with E-state index in [1.807, 2.05) is 0 Å². The van der Waals surface area contributed by atoms with Gasteiger partial charge in [-0.3, -0.25) is 14.4 Å². The van der Waals surface area contributed by atoms with Crippen LogP contribution in [0.4, 0.5) is 0 Å². The van der Waals surface area contributed by atoms with E-state index in [2.05, 4.69) is 5.32 Å². The summed E-state index contributed by atoms with van der Waals surface area (Å²) in [5.41, 5.74) is 2.72. The molecule has 31 heavy (non-hydrogen) atoms. The molecular formula is C23H18N2O5S. The molecule has 5 rings (SSSR count). The number of allylic oxidation sites excluding steroid dienone is 4. The van der Waals surface area contributed by atoms with Crippen LogP contribution < -0.4 is 10.5 Å². The van der Waals surface area contributed by atoms with E-state index in [1.165, 1.54) is 12.1 Å². The van der Waals surface area contributed by atoms with Gasteiger partial charge in [0.05, 0.1) is 10.6 Å². The fourth-order valence-corrected chi connectivity index (χ4v) is 5.12. The molecule has 0 fully saturated rings. The number of hydrogen-bond acceptors (Lipinski definition) is 6. The molecule has 0 amide bonds. The molecule has 156 valence electrons. The Labute approximate surface area is 178 Å². The summed E-state index contributed by atoms with van der Waals surface area (Å²) in [6, 6.07) is 12.4. The highest BCUT2D eigenvalue weighted by Crippen LogP contribution is 2.45. The number of nitrogens with one attached hydrogen (secondary N) is 1. The van der Waals surface area contributed by atoms with E-state index in [4.69, 9.17) is 5.14 Å². The fourth-order valence-electron chi connectivity index (χ4n) is 4.60. The molecule has 0 radical (unpaired) electrons. The largest absolute Gasteiger partial charge is 0.355 e. The number of carbonyl (C=O) groups excluding carboxylic acids is 3. The SMILES string of the molecule is NS(=O)(=O)c1ccc(C2C3=C(CCCC3=O)NC3=C2C(=O)c2ccccc2C3=O)cc1. The van der Waals surface area contributed by atoms with Crippen molar-refractivity contribution < 1.29 is 22.8 Å². The number of sulfonamides is 1. The third-order valence-electron chi connectivity index (χ3n) is 6.01. The number of dihydropyridines is 1. The van der Waals surface area contributed by atoms with Crippen LogP contribution in [0.3, 0.4) is 0 Å². The van der Waals surface area contributed by atoms with Crippen molar-refractivity contribution in [2.75, 3.05) is 0 Å². The predicted octanol–water partition coefficient (Wildman–Crippen LogP) is 2.36. The lowest BCUT2D eigenvalue weighted by atomic mass is 9.70. The average Bonchev–Trinajstić information content (AvgIpc) is 2.76. The quantitative estimate of drug-likeness (QED) is 0.748. The predicted molar refractivity (Wildman–Crippen MR) is 112 cm³/mol. The number of ketones is 3. The normalized spacial score (nSPS) is 20.8. The van der Waals surface area contributed by atoms with Gasteiger partial charge in [0.2, 0.25) is 15.8 Å². The molecule has 2 aromatic carbocycles. The topological polar surface area (TPSA) is 123 Å². The van der Waals surface area contributed by atoms with E-state index in [1.54, 1.807) is 36.4 Å². The lowest BCUT2D eigenvalue weighted by molar-refractivity contribution is -0.116. The van der Waals surface area contributed by atoms with E-state index in [0.717, 1.165) is 0 Å². The van der Waals surface area contributed by atoms with Crippen molar-refractivity contribution in [2.45, 2.75) is 30.1 Å². The third kappa shape index (κ3) is 2.98. The maximum Gasteiger partial charge on any atom is 0.238 e. The molecule has 7 nitrogen and oxygen atoms in total. The monoisotopic (exact) mass is 434 g/mol. The molecule has 1 aliphatic heterocycles. The number of hydrogen-bond donors (Lipinski definition) is 2. The van der Waals surface area contributed by atoms with Crippen LogP contribution in [0.5, 0.6) is 0 Å². The van der Waals surface area contributed by atoms with Gasteiger partial charge in [-0.2, -0.15) is 0 Å². The highest BCUT2D eigenvalue weighted by atomic mass is 32.2. The zero-order valence-electron chi connectivity index (χ0n) is 16.3. The molecule has 0 spiro atoms. The van der Waals surface area contributed by atoms with Gasteiger partial charge < -0.3 is 5.32 Å². The summed E-state index contributed by atoms with van der Waals surface area (Å²) in [4.78, 5) is 39.6. The highest BCUT2D eigenvalue weighted by molar-refractivity contribution is 7.89. The molecular weight excluding hydrogens is 416 g/mol. The summed E-state index contributed by atoms with van der Waals surface area (Å²) < 4.78 is 23.3. The first kappa shape index (κ1) is 19.6. The zero-order valence-corrected chi connectivity index (χ0v) is 17.2. The number of Topliss-reactive ketones (excluding diaryl/α,β-unsaturated/α-hetero) is 3. The molecule has 3 aliphatic rings. The molecule has 1 heterocycles. The van der Waals surface area contributed by atoms with Gasteiger partial charge in [-0.1, -0.05) is 36.4 Å². The Hall–Kier alpha value is -3.36. The van der Waals surface area contributed by atoms with Gasteiger partial charge in [-0.25, -0.2) is 13.6 Å². The first-order valence-corrected chi connectivity index (χ1v) is 11.4. The second kappa shape index (κ2) is 6.83. The van der Waals surface area contributed by atoms with Gasteiger partial charge in [0, 0.05) is 40.3 Å². The van der Waals surface area contributed by atoms with Gasteiger partial charge in [0.1, 0.15) is 0 Å². The van der Waals surface area contributed by atoms with E-state index in [-0.39, 0.29) is 33.5 Å². The minimum atomic E-state index is -3.89. The molecule has 0 bridgehead atoms. The van der Waals surface area contributed by atoms with Gasteiger partial charge >= 0.3 is 0 Å². The summed E-state index contributed by atoms with van der Waals surface area (Å²) in [5, 5.41) is 8.30. The maximum atomic E-state index is 13.5. The molecule has 3 N–H and O–H groups in total. The van der Waals surface area contributed by atoms with Gasteiger partial charge in [-0.05, 0) is 30.5 Å². The van der Waals surface area contributed by atoms with E-state index >= 15 is 0 Å². The third-order valence-corrected chi connectivity index (χ3v) is 6.94. The second-order valence-corrected chi connectivity index (χ2v) is 9.39. The van der Waals surface area contributed by atoms with Crippen LogP contribution in [0.2, 0.25) is 0 Å². The summed E-state index contributed by atoms with van der Waals surface area (Å²) >= 11 is 0. The van der Waals surface area contributed by atoms with Crippen molar-refractivity contribution in [1.29, 1.82) is 0 Å². The number of primary sulfonamides is 1. The van der Waals surface area contributed by atoms with Crippen LogP contribution in [-0.4, -0.2) is 25.8 Å². The smallest absolute Gasteiger partial charge is 0.238 e. The number of carbonyl (C=O) groups is 3. The van der Waals surface area contributed by atoms with Crippen LogP contribution in [0.25, 0.3) is 0 Å². The number of benzene rings is 2. The van der Waals surface area contributed by atoms with Crippen molar-refractivity contribution in [3.05, 3.63) is 87.8 Å². The van der Waals surface area contributed by atoms with Crippen molar-refractivity contribution in [3.63, 3.8) is 0 Å². The molecule has 1 atom stereocenters. The van der Waals surface area contributed by atoms with Crippen molar-refractivity contribution >= 4 is 27.4 Å². The number of rotatable bonds is 2. The Morgan fingerprint density at radius 2 is 1.48 bits per heavy atom. The van der Waals surface area contributed by atoms with Crippen molar-refractivity contribution in [2.24, 2.45) is 5.14 Å². The Morgan fingerprint density at radius 3 is 2.13 bits per heavy atom. The second-order valence-electron chi connectivity index (χ2n) is 7.83. The first-order valence-electron chi connectivity index (χ1n) is 9.86. The van der Waals surface area contributed by atoms with Crippen LogP contribution in [0, 0.1) is 0 Å². The molecule has 8 heteroatoms. The Balaban J connectivity index is 1.73. The lowest BCUT2D eigenvalue weighted by Crippen LogP contribution is -2.40. The van der Waals surface area contributed by atoms with Gasteiger partial charge in [0.25, 0.3) is 0 Å². The van der Waals surface area contributed by atoms with Crippen LogP contribution >= 0.6 is 0 Å². The summed E-state index contributed by atoms with van der Waals surface area (Å²) in [6.07, 6.45) is 1.60. The minimum Gasteiger partial charge on any atom is -0.355 e. The summed E-state index contributed by atoms with van der Waals surface area (Å²) in [6.45, 7) is 0. The van der Waals surface area contributed by atoms with Gasteiger partial charge in [-0.15, -0.1) is 0 Å². The zero-order chi connectivity index (χ0) is 21.9. The Bertz CT molecular complexity index is 1350. The molecule has 2 aromatic rings. The molecule has 0 aromatic heterocycles. The molecule has 0 saturated carbocycles. The average molecular weight is 434 g/mol. The number of nitrogens with two attached hydrogens (primary N) is 1. The molecule has 1 unspecified atom stereocenters. The van der Waals surface area contributed by atoms with Crippen molar-refractivity contribution in [3.8, 4) is 0 Å². The summed E-state index contributed by atoms with van der Waals surface area (Å²) in [7, 11) is -3.89. The van der Waals surface area contributed by atoms with E-state index in [0.29, 0.717) is 47.2 Å². The van der Waals surface area contributed by atoms with Crippen LogP contribution in [0.15, 0.2) is 76.0 Å². The van der Waals surface area contributed by atoms with E-state index < -0.39 is 15.9 Å². The highest BCUT2D eigenvalue weighted by Gasteiger charge is 2.44. The molecule has 2 aliphatic carbocycles. The lowest BCUT2D eigenvalue weighted by Gasteiger charge is -2.36.